The molecule has 2 aromatic carbocycles. The molecule has 0 aliphatic rings. The van der Waals surface area contributed by atoms with Gasteiger partial charge in [-0.3, -0.25) is 19.6 Å². The van der Waals surface area contributed by atoms with Gasteiger partial charge in [-0.15, -0.1) is 0 Å². The summed E-state index contributed by atoms with van der Waals surface area (Å²) < 4.78 is 0. The van der Waals surface area contributed by atoms with Crippen LogP contribution in [0.3, 0.4) is 0 Å². The Labute approximate surface area is 173 Å². The summed E-state index contributed by atoms with van der Waals surface area (Å²) in [5, 5.41) is 6.37. The van der Waals surface area contributed by atoms with Crippen molar-refractivity contribution >= 4 is 39.8 Å². The summed E-state index contributed by atoms with van der Waals surface area (Å²) in [4.78, 5) is 33.2. The smallest absolute Gasteiger partial charge is 0.257 e. The van der Waals surface area contributed by atoms with Crippen molar-refractivity contribution in [2.24, 2.45) is 0 Å². The number of nitrogen functional groups attached to an aromatic ring is 1. The van der Waals surface area contributed by atoms with Crippen LogP contribution in [0, 0.1) is 6.92 Å². The Morgan fingerprint density at radius 3 is 2.17 bits per heavy atom. The number of aromatic nitrogens is 2. The Balaban J connectivity index is 1.46. The van der Waals surface area contributed by atoms with E-state index < -0.39 is 0 Å². The van der Waals surface area contributed by atoms with Crippen LogP contribution in [0.25, 0.3) is 10.9 Å². The van der Waals surface area contributed by atoms with E-state index in [4.69, 9.17) is 5.73 Å². The number of carbonyl (C=O) groups is 2. The number of amides is 2. The summed E-state index contributed by atoms with van der Waals surface area (Å²) in [6.45, 7) is 1.87. The summed E-state index contributed by atoms with van der Waals surface area (Å²) in [5.74, 6) is -0.512. The summed E-state index contributed by atoms with van der Waals surface area (Å²) in [6.07, 6.45) is 3.10. The largest absolute Gasteiger partial charge is 0.398 e. The van der Waals surface area contributed by atoms with Crippen LogP contribution >= 0.6 is 0 Å². The molecule has 4 N–H and O–H groups in total. The molecule has 0 atom stereocenters. The van der Waals surface area contributed by atoms with Gasteiger partial charge in [0, 0.05) is 46.1 Å². The van der Waals surface area contributed by atoms with E-state index in [9.17, 15) is 9.59 Å². The molecule has 0 aliphatic carbocycles. The second kappa shape index (κ2) is 8.00. The number of aryl methyl sites for hydroxylation is 1. The fourth-order valence-electron chi connectivity index (χ4n) is 3.07. The molecule has 4 aromatic rings. The zero-order valence-electron chi connectivity index (χ0n) is 16.2. The maximum Gasteiger partial charge on any atom is 0.257 e. The molecule has 0 fully saturated rings. The Bertz CT molecular complexity index is 1240. The van der Waals surface area contributed by atoms with Gasteiger partial charge in [0.25, 0.3) is 11.8 Å². The van der Waals surface area contributed by atoms with Crippen molar-refractivity contribution in [1.82, 2.24) is 9.97 Å². The van der Waals surface area contributed by atoms with E-state index in [2.05, 4.69) is 20.6 Å². The minimum Gasteiger partial charge on any atom is -0.398 e. The zero-order chi connectivity index (χ0) is 21.1. The first-order chi connectivity index (χ1) is 14.5. The minimum absolute atomic E-state index is 0.252. The number of carbonyl (C=O) groups excluding carboxylic acids is 2. The third-order valence-electron chi connectivity index (χ3n) is 4.56. The van der Waals surface area contributed by atoms with Crippen LogP contribution in [0.1, 0.15) is 26.4 Å². The molecule has 0 spiro atoms. The quantitative estimate of drug-likeness (QED) is 0.482. The molecule has 0 saturated carbocycles. The lowest BCUT2D eigenvalue weighted by Gasteiger charge is -2.09. The molecule has 0 unspecified atom stereocenters. The third-order valence-corrected chi connectivity index (χ3v) is 4.56. The molecule has 7 heteroatoms. The standard InChI is InChI=1S/C23H19N5O2/c1-14-11-20(24)19-12-15(4-9-21(19)26-14)22(29)27-17-5-7-18(8-6-17)28-23(30)16-3-2-10-25-13-16/h2-13H,1H3,(H2,24,26)(H,27,29)(H,28,30). The maximum absolute atomic E-state index is 12.6. The predicted molar refractivity (Wildman–Crippen MR) is 117 cm³/mol. The minimum atomic E-state index is -0.260. The first-order valence-electron chi connectivity index (χ1n) is 9.29. The number of anilines is 3. The van der Waals surface area contributed by atoms with Gasteiger partial charge in [-0.1, -0.05) is 0 Å². The van der Waals surface area contributed by atoms with Crippen LogP contribution in [0.2, 0.25) is 0 Å². The molecule has 2 heterocycles. The van der Waals surface area contributed by atoms with Crippen molar-refractivity contribution < 1.29 is 9.59 Å². The Morgan fingerprint density at radius 2 is 1.53 bits per heavy atom. The van der Waals surface area contributed by atoms with Gasteiger partial charge in [-0.05, 0) is 67.6 Å². The van der Waals surface area contributed by atoms with Gasteiger partial charge in [0.05, 0.1) is 11.1 Å². The zero-order valence-corrected chi connectivity index (χ0v) is 16.2. The highest BCUT2D eigenvalue weighted by molar-refractivity contribution is 6.07. The van der Waals surface area contributed by atoms with Gasteiger partial charge in [-0.2, -0.15) is 0 Å². The van der Waals surface area contributed by atoms with Gasteiger partial charge in [0.2, 0.25) is 0 Å². The number of pyridine rings is 2. The molecular formula is C23H19N5O2. The van der Waals surface area contributed by atoms with Crippen molar-refractivity contribution in [3.8, 4) is 0 Å². The normalized spacial score (nSPS) is 10.6. The highest BCUT2D eigenvalue weighted by Crippen LogP contribution is 2.23. The number of fused-ring (bicyclic) bond motifs is 1. The van der Waals surface area contributed by atoms with Crippen molar-refractivity contribution in [2.75, 3.05) is 16.4 Å². The number of hydrogen-bond acceptors (Lipinski definition) is 5. The Morgan fingerprint density at radius 1 is 0.867 bits per heavy atom. The Kier molecular flexibility index (Phi) is 5.09. The fraction of sp³-hybridized carbons (Fsp3) is 0.0435. The second-order valence-electron chi connectivity index (χ2n) is 6.81. The van der Waals surface area contributed by atoms with E-state index in [-0.39, 0.29) is 11.8 Å². The molecule has 0 radical (unpaired) electrons. The molecule has 2 aromatic heterocycles. The summed E-state index contributed by atoms with van der Waals surface area (Å²) in [6, 6.07) is 17.3. The van der Waals surface area contributed by atoms with Crippen molar-refractivity contribution in [3.63, 3.8) is 0 Å². The van der Waals surface area contributed by atoms with Crippen LogP contribution in [0.4, 0.5) is 17.1 Å². The van der Waals surface area contributed by atoms with Crippen molar-refractivity contribution in [2.45, 2.75) is 6.92 Å². The highest BCUT2D eigenvalue weighted by Gasteiger charge is 2.10. The molecule has 7 nitrogen and oxygen atoms in total. The van der Waals surface area contributed by atoms with Crippen LogP contribution in [-0.4, -0.2) is 21.8 Å². The summed E-state index contributed by atoms with van der Waals surface area (Å²) in [5.41, 5.74) is 10.4. The first-order valence-corrected chi connectivity index (χ1v) is 9.29. The van der Waals surface area contributed by atoms with Gasteiger partial charge in [0.15, 0.2) is 0 Å². The van der Waals surface area contributed by atoms with Gasteiger partial charge < -0.3 is 16.4 Å². The van der Waals surface area contributed by atoms with Crippen LogP contribution < -0.4 is 16.4 Å². The van der Waals surface area contributed by atoms with Gasteiger partial charge in [-0.25, -0.2) is 0 Å². The number of nitrogens with two attached hydrogens (primary N) is 1. The van der Waals surface area contributed by atoms with Crippen LogP contribution in [0.15, 0.2) is 73.1 Å². The van der Waals surface area contributed by atoms with E-state index in [0.29, 0.717) is 28.2 Å². The number of nitrogens with one attached hydrogen (secondary N) is 2. The molecule has 0 aliphatic heterocycles. The molecule has 2 amide bonds. The molecular weight excluding hydrogens is 378 g/mol. The van der Waals surface area contributed by atoms with E-state index in [1.807, 2.05) is 6.92 Å². The van der Waals surface area contributed by atoms with Crippen LogP contribution in [0.5, 0.6) is 0 Å². The maximum atomic E-state index is 12.6. The van der Waals surface area contributed by atoms with Gasteiger partial charge >= 0.3 is 0 Å². The predicted octanol–water partition coefficient (Wildman–Crippen LogP) is 4.03. The molecule has 4 rings (SSSR count). The lowest BCUT2D eigenvalue weighted by atomic mass is 10.1. The van der Waals surface area contributed by atoms with E-state index in [1.54, 1.807) is 66.9 Å². The second-order valence-corrected chi connectivity index (χ2v) is 6.81. The van der Waals surface area contributed by atoms with E-state index in [0.717, 1.165) is 16.6 Å². The van der Waals surface area contributed by atoms with Gasteiger partial charge in [0.1, 0.15) is 0 Å². The van der Waals surface area contributed by atoms with Crippen molar-refractivity contribution in [1.29, 1.82) is 0 Å². The molecule has 148 valence electrons. The fourth-order valence-corrected chi connectivity index (χ4v) is 3.07. The van der Waals surface area contributed by atoms with Crippen molar-refractivity contribution in [3.05, 3.63) is 89.9 Å². The molecule has 0 saturated heterocycles. The summed E-state index contributed by atoms with van der Waals surface area (Å²) in [7, 11) is 0. The SMILES string of the molecule is Cc1cc(N)c2cc(C(=O)Nc3ccc(NC(=O)c4cccnc4)cc3)ccc2n1. The molecule has 0 bridgehead atoms. The number of hydrogen-bond donors (Lipinski definition) is 3. The number of benzene rings is 2. The van der Waals surface area contributed by atoms with E-state index in [1.165, 1.54) is 6.20 Å². The average molecular weight is 397 g/mol. The van der Waals surface area contributed by atoms with Crippen LogP contribution in [-0.2, 0) is 0 Å². The highest BCUT2D eigenvalue weighted by atomic mass is 16.2. The third kappa shape index (κ3) is 4.10. The van der Waals surface area contributed by atoms with E-state index >= 15 is 0 Å². The summed E-state index contributed by atoms with van der Waals surface area (Å²) >= 11 is 0. The lowest BCUT2D eigenvalue weighted by Crippen LogP contribution is -2.13. The average Bonchev–Trinajstić information content (AvgIpc) is 2.75. The topological polar surface area (TPSA) is 110 Å². The monoisotopic (exact) mass is 397 g/mol. The first kappa shape index (κ1) is 19.1. The number of rotatable bonds is 4. The Hall–Kier alpha value is -4.26. The lowest BCUT2D eigenvalue weighted by molar-refractivity contribution is 0.101. The number of nitrogens with zero attached hydrogens (tertiary/aromatic N) is 2. The molecule has 30 heavy (non-hydrogen) atoms.